The minimum absolute atomic E-state index is 0.259. The van der Waals surface area contributed by atoms with Crippen molar-refractivity contribution in [2.24, 2.45) is 17.8 Å². The van der Waals surface area contributed by atoms with Crippen molar-refractivity contribution in [1.29, 1.82) is 0 Å². The Kier molecular flexibility index (Phi) is 5.53. The molecule has 2 unspecified atom stereocenters. The molecule has 152 valence electrons. The fraction of sp³-hybridized carbons (Fsp3) is 0.682. The molecule has 2 aliphatic carbocycles. The number of carbonyl (C=O) groups is 1. The van der Waals surface area contributed by atoms with Crippen molar-refractivity contribution < 1.29 is 4.79 Å². The highest BCUT2D eigenvalue weighted by molar-refractivity contribution is 8.21. The molecule has 0 radical (unpaired) electrons. The predicted molar refractivity (Wildman–Crippen MR) is 121 cm³/mol. The van der Waals surface area contributed by atoms with E-state index < -0.39 is 0 Å². The number of para-hydroxylation sites is 1. The van der Waals surface area contributed by atoms with Gasteiger partial charge in [-0.15, -0.1) is 23.5 Å². The third kappa shape index (κ3) is 3.35. The van der Waals surface area contributed by atoms with Crippen molar-refractivity contribution in [1.82, 2.24) is 4.90 Å². The Morgan fingerprint density at radius 3 is 2.29 bits per heavy atom. The molecule has 1 amide bonds. The topological polar surface area (TPSA) is 23.6 Å². The summed E-state index contributed by atoms with van der Waals surface area (Å²) >= 11 is 10.8. The number of piperazine rings is 1. The number of hydrogen-bond acceptors (Lipinski definition) is 4. The van der Waals surface area contributed by atoms with Crippen LogP contribution in [-0.2, 0) is 4.79 Å². The van der Waals surface area contributed by atoms with E-state index in [1.54, 1.807) is 0 Å². The standard InChI is InChI=1S/C22H29ClN2OS2/c23-19-6-1-2-7-20(19)24-8-10-25(11-9-24)21(26)16-14-17-4-3-5-18(15-16)22(17)27-12-13-28-22/h1-2,6-7,16-18H,3-5,8-15H2. The minimum Gasteiger partial charge on any atom is -0.367 e. The molecule has 2 aliphatic heterocycles. The smallest absolute Gasteiger partial charge is 0.225 e. The molecule has 2 bridgehead atoms. The van der Waals surface area contributed by atoms with Gasteiger partial charge in [0.1, 0.15) is 0 Å². The lowest BCUT2D eigenvalue weighted by Crippen LogP contribution is -2.54. The number of hydrogen-bond donors (Lipinski definition) is 0. The molecule has 1 spiro atoms. The van der Waals surface area contributed by atoms with Gasteiger partial charge in [-0.05, 0) is 49.7 Å². The molecule has 0 aromatic heterocycles. The van der Waals surface area contributed by atoms with Gasteiger partial charge in [-0.1, -0.05) is 30.2 Å². The zero-order chi connectivity index (χ0) is 19.1. The van der Waals surface area contributed by atoms with E-state index in [9.17, 15) is 4.79 Å². The monoisotopic (exact) mass is 436 g/mol. The van der Waals surface area contributed by atoms with Crippen LogP contribution in [-0.4, -0.2) is 52.6 Å². The minimum atomic E-state index is 0.259. The maximum Gasteiger partial charge on any atom is 0.225 e. The SMILES string of the molecule is O=C(C1CC2CCCC(C1)C21SCCS1)N1CCN(c2ccccc2Cl)CC1. The lowest BCUT2D eigenvalue weighted by Gasteiger charge is -2.52. The molecule has 6 heteroatoms. The number of anilines is 1. The normalized spacial score (nSPS) is 32.0. The fourth-order valence-electron chi connectivity index (χ4n) is 5.94. The van der Waals surface area contributed by atoms with Gasteiger partial charge in [-0.25, -0.2) is 0 Å². The van der Waals surface area contributed by atoms with Crippen molar-refractivity contribution in [3.05, 3.63) is 29.3 Å². The third-order valence-corrected chi connectivity index (χ3v) is 11.6. The van der Waals surface area contributed by atoms with Crippen LogP contribution in [0.3, 0.4) is 0 Å². The fourth-order valence-corrected chi connectivity index (χ4v) is 10.1. The summed E-state index contributed by atoms with van der Waals surface area (Å²) in [6, 6.07) is 8.04. The van der Waals surface area contributed by atoms with E-state index >= 15 is 0 Å². The third-order valence-electron chi connectivity index (χ3n) is 7.25. The largest absolute Gasteiger partial charge is 0.367 e. The molecule has 2 saturated carbocycles. The van der Waals surface area contributed by atoms with Crippen LogP contribution in [0.4, 0.5) is 5.69 Å². The average molecular weight is 437 g/mol. The molecule has 28 heavy (non-hydrogen) atoms. The second-order valence-electron chi connectivity index (χ2n) is 8.68. The molecule has 2 heterocycles. The molecule has 1 aromatic rings. The molecule has 3 nitrogen and oxygen atoms in total. The number of halogens is 1. The molecule has 2 atom stereocenters. The summed E-state index contributed by atoms with van der Waals surface area (Å²) in [5, 5.41) is 0.805. The van der Waals surface area contributed by atoms with Gasteiger partial charge in [-0.3, -0.25) is 4.79 Å². The van der Waals surface area contributed by atoms with E-state index in [0.29, 0.717) is 9.99 Å². The maximum atomic E-state index is 13.4. The summed E-state index contributed by atoms with van der Waals surface area (Å²) in [7, 11) is 0. The summed E-state index contributed by atoms with van der Waals surface area (Å²) in [6.07, 6.45) is 6.29. The highest BCUT2D eigenvalue weighted by atomic mass is 35.5. The van der Waals surface area contributed by atoms with E-state index in [1.165, 1.54) is 30.8 Å². The van der Waals surface area contributed by atoms with E-state index in [1.807, 2.05) is 18.2 Å². The second-order valence-corrected chi connectivity index (χ2v) is 12.1. The van der Waals surface area contributed by atoms with Crippen molar-refractivity contribution >= 4 is 46.7 Å². The zero-order valence-electron chi connectivity index (χ0n) is 16.3. The first-order valence-electron chi connectivity index (χ1n) is 10.7. The van der Waals surface area contributed by atoms with Gasteiger partial charge < -0.3 is 9.80 Å². The van der Waals surface area contributed by atoms with Crippen LogP contribution in [0.5, 0.6) is 0 Å². The van der Waals surface area contributed by atoms with E-state index in [-0.39, 0.29) is 5.92 Å². The van der Waals surface area contributed by atoms with E-state index in [0.717, 1.165) is 61.6 Å². The Morgan fingerprint density at radius 1 is 1.00 bits per heavy atom. The van der Waals surface area contributed by atoms with Crippen LogP contribution in [0.2, 0.25) is 5.02 Å². The molecule has 5 rings (SSSR count). The lowest BCUT2D eigenvalue weighted by atomic mass is 9.66. The Morgan fingerprint density at radius 2 is 1.64 bits per heavy atom. The highest BCUT2D eigenvalue weighted by Gasteiger charge is 2.55. The van der Waals surface area contributed by atoms with Crippen LogP contribution in [0.15, 0.2) is 24.3 Å². The molecule has 2 saturated heterocycles. The van der Waals surface area contributed by atoms with Crippen LogP contribution >= 0.6 is 35.1 Å². The van der Waals surface area contributed by atoms with Gasteiger partial charge in [0.25, 0.3) is 0 Å². The van der Waals surface area contributed by atoms with Crippen LogP contribution < -0.4 is 4.90 Å². The van der Waals surface area contributed by atoms with E-state index in [4.69, 9.17) is 11.6 Å². The van der Waals surface area contributed by atoms with Gasteiger partial charge in [0.15, 0.2) is 0 Å². The average Bonchev–Trinajstić information content (AvgIpc) is 3.17. The van der Waals surface area contributed by atoms with Crippen molar-refractivity contribution in [3.63, 3.8) is 0 Å². The molecule has 1 aromatic carbocycles. The Balaban J connectivity index is 1.23. The number of rotatable bonds is 2. The van der Waals surface area contributed by atoms with Gasteiger partial charge in [0, 0.05) is 43.6 Å². The zero-order valence-corrected chi connectivity index (χ0v) is 18.7. The van der Waals surface area contributed by atoms with E-state index in [2.05, 4.69) is 39.4 Å². The Hall–Kier alpha value is -0.520. The predicted octanol–water partition coefficient (Wildman–Crippen LogP) is 4.99. The number of thioether (sulfide) groups is 2. The number of carbonyl (C=O) groups excluding carboxylic acids is 1. The highest BCUT2D eigenvalue weighted by Crippen LogP contribution is 2.64. The number of benzene rings is 1. The number of nitrogens with zero attached hydrogens (tertiary/aromatic N) is 2. The van der Waals surface area contributed by atoms with Crippen LogP contribution in [0.1, 0.15) is 32.1 Å². The van der Waals surface area contributed by atoms with Gasteiger partial charge >= 0.3 is 0 Å². The van der Waals surface area contributed by atoms with Crippen LogP contribution in [0.25, 0.3) is 0 Å². The van der Waals surface area contributed by atoms with Crippen LogP contribution in [0, 0.1) is 17.8 Å². The molecule has 4 aliphatic rings. The van der Waals surface area contributed by atoms with Gasteiger partial charge in [0.2, 0.25) is 5.91 Å². The summed E-state index contributed by atoms with van der Waals surface area (Å²) in [5.74, 6) is 4.79. The van der Waals surface area contributed by atoms with Crippen molar-refractivity contribution in [3.8, 4) is 0 Å². The van der Waals surface area contributed by atoms with Crippen molar-refractivity contribution in [2.45, 2.75) is 36.2 Å². The summed E-state index contributed by atoms with van der Waals surface area (Å²) < 4.78 is 0.456. The maximum absolute atomic E-state index is 13.4. The Labute approximate surface area is 181 Å². The number of amides is 1. The first kappa shape index (κ1) is 19.4. The summed E-state index contributed by atoms with van der Waals surface area (Å²) in [4.78, 5) is 17.8. The first-order chi connectivity index (χ1) is 13.7. The Bertz CT molecular complexity index is 715. The molecule has 0 N–H and O–H groups in total. The molecular formula is C22H29ClN2OS2. The second kappa shape index (κ2) is 7.96. The lowest BCUT2D eigenvalue weighted by molar-refractivity contribution is -0.138. The molecular weight excluding hydrogens is 408 g/mol. The molecule has 4 fully saturated rings. The quantitative estimate of drug-likeness (QED) is 0.651. The summed E-state index contributed by atoms with van der Waals surface area (Å²) in [6.45, 7) is 3.41. The van der Waals surface area contributed by atoms with Gasteiger partial charge in [-0.2, -0.15) is 0 Å². The van der Waals surface area contributed by atoms with Crippen molar-refractivity contribution in [2.75, 3.05) is 42.6 Å². The first-order valence-corrected chi connectivity index (χ1v) is 13.1. The van der Waals surface area contributed by atoms with Gasteiger partial charge in [0.05, 0.1) is 14.8 Å². The summed E-state index contributed by atoms with van der Waals surface area (Å²) in [5.41, 5.74) is 1.10.